The number of unbranched alkanes of at least 4 members (excludes halogenated alkanes) is 1. The highest BCUT2D eigenvalue weighted by Gasteiger charge is 2.10. The standard InChI is InChI=1S/C11H16N2S/c1-3-5-6-7-10(13-4-2)11-8-12-9-14-11/h1,8-10,13H,4-7H2,2H3. The molecule has 0 aliphatic carbocycles. The molecule has 1 aromatic heterocycles. The number of hydrogen-bond acceptors (Lipinski definition) is 3. The molecule has 0 bridgehead atoms. The van der Waals surface area contributed by atoms with E-state index in [4.69, 9.17) is 6.42 Å². The van der Waals surface area contributed by atoms with Gasteiger partial charge in [0.1, 0.15) is 0 Å². The first-order valence-corrected chi connectivity index (χ1v) is 5.81. The predicted octanol–water partition coefficient (Wildman–Crippen LogP) is 2.60. The molecule has 76 valence electrons. The summed E-state index contributed by atoms with van der Waals surface area (Å²) in [6, 6.07) is 0.431. The summed E-state index contributed by atoms with van der Waals surface area (Å²) >= 11 is 1.70. The Hall–Kier alpha value is -0.850. The zero-order valence-electron chi connectivity index (χ0n) is 8.49. The van der Waals surface area contributed by atoms with Crippen LogP contribution in [-0.4, -0.2) is 11.5 Å². The summed E-state index contributed by atoms with van der Waals surface area (Å²) in [6.07, 6.45) is 10.2. The van der Waals surface area contributed by atoms with Crippen LogP contribution in [0.3, 0.4) is 0 Å². The molecular formula is C11H16N2S. The molecular weight excluding hydrogens is 192 g/mol. The molecule has 0 aromatic carbocycles. The van der Waals surface area contributed by atoms with Crippen molar-refractivity contribution < 1.29 is 0 Å². The lowest BCUT2D eigenvalue weighted by molar-refractivity contribution is 0.508. The van der Waals surface area contributed by atoms with Gasteiger partial charge in [0.15, 0.2) is 0 Å². The van der Waals surface area contributed by atoms with E-state index in [0.717, 1.165) is 25.8 Å². The lowest BCUT2D eigenvalue weighted by atomic mass is 10.1. The van der Waals surface area contributed by atoms with Gasteiger partial charge in [-0.25, -0.2) is 0 Å². The average Bonchev–Trinajstić information content (AvgIpc) is 2.70. The van der Waals surface area contributed by atoms with E-state index in [1.807, 2.05) is 11.7 Å². The van der Waals surface area contributed by atoms with Crippen LogP contribution in [0.5, 0.6) is 0 Å². The summed E-state index contributed by atoms with van der Waals surface area (Å²) in [5.41, 5.74) is 1.88. The van der Waals surface area contributed by atoms with Crippen LogP contribution in [0.25, 0.3) is 0 Å². The number of thiazole rings is 1. The van der Waals surface area contributed by atoms with Crippen LogP contribution in [0.15, 0.2) is 11.7 Å². The SMILES string of the molecule is C#CCCCC(NCC)c1cncs1. The quantitative estimate of drug-likeness (QED) is 0.574. The Kier molecular flexibility index (Phi) is 5.28. The van der Waals surface area contributed by atoms with E-state index in [1.54, 1.807) is 11.3 Å². The van der Waals surface area contributed by atoms with Crippen LogP contribution in [0.4, 0.5) is 0 Å². The van der Waals surface area contributed by atoms with Gasteiger partial charge in [-0.05, 0) is 19.4 Å². The number of terminal acetylenes is 1. The fraction of sp³-hybridized carbons (Fsp3) is 0.545. The topological polar surface area (TPSA) is 24.9 Å². The van der Waals surface area contributed by atoms with Crippen molar-refractivity contribution in [2.24, 2.45) is 0 Å². The summed E-state index contributed by atoms with van der Waals surface area (Å²) < 4.78 is 0. The van der Waals surface area contributed by atoms with E-state index in [9.17, 15) is 0 Å². The van der Waals surface area contributed by atoms with Gasteiger partial charge < -0.3 is 5.32 Å². The maximum absolute atomic E-state index is 5.23. The highest BCUT2D eigenvalue weighted by atomic mass is 32.1. The fourth-order valence-electron chi connectivity index (χ4n) is 1.40. The Morgan fingerprint density at radius 2 is 2.57 bits per heavy atom. The summed E-state index contributed by atoms with van der Waals surface area (Å²) in [6.45, 7) is 3.10. The molecule has 1 atom stereocenters. The van der Waals surface area contributed by atoms with Gasteiger partial charge in [0, 0.05) is 23.5 Å². The van der Waals surface area contributed by atoms with Gasteiger partial charge in [0.2, 0.25) is 0 Å². The molecule has 0 aliphatic heterocycles. The maximum Gasteiger partial charge on any atom is 0.0794 e. The zero-order valence-corrected chi connectivity index (χ0v) is 9.31. The van der Waals surface area contributed by atoms with Crippen molar-refractivity contribution in [3.8, 4) is 12.3 Å². The van der Waals surface area contributed by atoms with Crippen LogP contribution < -0.4 is 5.32 Å². The van der Waals surface area contributed by atoms with Gasteiger partial charge in [-0.1, -0.05) is 6.92 Å². The van der Waals surface area contributed by atoms with E-state index >= 15 is 0 Å². The Balaban J connectivity index is 2.44. The molecule has 0 radical (unpaired) electrons. The molecule has 0 saturated carbocycles. The van der Waals surface area contributed by atoms with E-state index < -0.39 is 0 Å². The largest absolute Gasteiger partial charge is 0.309 e. The first-order chi connectivity index (χ1) is 6.88. The summed E-state index contributed by atoms with van der Waals surface area (Å²) in [7, 11) is 0. The van der Waals surface area contributed by atoms with Gasteiger partial charge >= 0.3 is 0 Å². The lowest BCUT2D eigenvalue weighted by Crippen LogP contribution is -2.19. The molecule has 1 N–H and O–H groups in total. The minimum absolute atomic E-state index is 0.431. The minimum atomic E-state index is 0.431. The van der Waals surface area contributed by atoms with Crippen LogP contribution in [0.2, 0.25) is 0 Å². The van der Waals surface area contributed by atoms with Gasteiger partial charge in [-0.3, -0.25) is 4.98 Å². The van der Waals surface area contributed by atoms with Gasteiger partial charge in [-0.2, -0.15) is 0 Å². The lowest BCUT2D eigenvalue weighted by Gasteiger charge is -2.14. The Bertz CT molecular complexity index is 274. The molecule has 1 heterocycles. The normalized spacial score (nSPS) is 12.3. The smallest absolute Gasteiger partial charge is 0.0794 e. The second kappa shape index (κ2) is 6.58. The first kappa shape index (κ1) is 11.2. The highest BCUT2D eigenvalue weighted by Crippen LogP contribution is 2.22. The average molecular weight is 208 g/mol. The molecule has 0 amide bonds. The number of nitrogens with zero attached hydrogens (tertiary/aromatic N) is 1. The van der Waals surface area contributed by atoms with Crippen molar-refractivity contribution >= 4 is 11.3 Å². The summed E-state index contributed by atoms with van der Waals surface area (Å²) in [5, 5.41) is 3.45. The van der Waals surface area contributed by atoms with Gasteiger partial charge in [-0.15, -0.1) is 23.7 Å². The van der Waals surface area contributed by atoms with Crippen molar-refractivity contribution in [3.63, 3.8) is 0 Å². The second-order valence-electron chi connectivity index (χ2n) is 3.11. The number of hydrogen-bond donors (Lipinski definition) is 1. The van der Waals surface area contributed by atoms with Crippen molar-refractivity contribution in [1.82, 2.24) is 10.3 Å². The third-order valence-corrected chi connectivity index (χ3v) is 2.95. The molecule has 1 unspecified atom stereocenters. The minimum Gasteiger partial charge on any atom is -0.309 e. The van der Waals surface area contributed by atoms with Crippen molar-refractivity contribution in [1.29, 1.82) is 0 Å². The molecule has 1 rings (SSSR count). The monoisotopic (exact) mass is 208 g/mol. The molecule has 14 heavy (non-hydrogen) atoms. The molecule has 1 aromatic rings. The highest BCUT2D eigenvalue weighted by molar-refractivity contribution is 7.09. The van der Waals surface area contributed by atoms with E-state index in [1.165, 1.54) is 4.88 Å². The Labute approximate surface area is 89.8 Å². The summed E-state index contributed by atoms with van der Waals surface area (Å²) in [5.74, 6) is 2.67. The van der Waals surface area contributed by atoms with Gasteiger partial charge in [0.25, 0.3) is 0 Å². The van der Waals surface area contributed by atoms with Gasteiger partial charge in [0.05, 0.1) is 5.51 Å². The third kappa shape index (κ3) is 3.49. The van der Waals surface area contributed by atoms with Crippen LogP contribution in [-0.2, 0) is 0 Å². The summed E-state index contributed by atoms with van der Waals surface area (Å²) in [4.78, 5) is 5.40. The molecule has 0 aliphatic rings. The molecule has 2 nitrogen and oxygen atoms in total. The number of rotatable bonds is 6. The van der Waals surface area contributed by atoms with Crippen molar-refractivity contribution in [3.05, 3.63) is 16.6 Å². The van der Waals surface area contributed by atoms with Crippen molar-refractivity contribution in [2.45, 2.75) is 32.2 Å². The van der Waals surface area contributed by atoms with E-state index in [-0.39, 0.29) is 0 Å². The maximum atomic E-state index is 5.23. The Morgan fingerprint density at radius 3 is 3.14 bits per heavy atom. The third-order valence-electron chi connectivity index (χ3n) is 2.06. The van der Waals surface area contributed by atoms with Crippen LogP contribution in [0.1, 0.15) is 37.1 Å². The van der Waals surface area contributed by atoms with Crippen LogP contribution >= 0.6 is 11.3 Å². The molecule has 0 fully saturated rings. The number of nitrogens with one attached hydrogen (secondary N) is 1. The Morgan fingerprint density at radius 1 is 1.71 bits per heavy atom. The number of aromatic nitrogens is 1. The zero-order chi connectivity index (χ0) is 10.2. The predicted molar refractivity (Wildman–Crippen MR) is 61.2 cm³/mol. The molecule has 0 saturated heterocycles. The first-order valence-electron chi connectivity index (χ1n) is 4.93. The van der Waals surface area contributed by atoms with Crippen molar-refractivity contribution in [2.75, 3.05) is 6.54 Å². The fourth-order valence-corrected chi connectivity index (χ4v) is 2.13. The van der Waals surface area contributed by atoms with Crippen LogP contribution in [0, 0.1) is 12.3 Å². The molecule has 0 spiro atoms. The van der Waals surface area contributed by atoms with E-state index in [2.05, 4.69) is 23.1 Å². The second-order valence-corrected chi connectivity index (χ2v) is 4.03. The van der Waals surface area contributed by atoms with E-state index in [0.29, 0.717) is 6.04 Å². The molecule has 3 heteroatoms.